The molecular formula is C17H23ClN4O3S2. The summed E-state index contributed by atoms with van der Waals surface area (Å²) in [6, 6.07) is 6.03. The number of nitrogens with one attached hydrogen (secondary N) is 2. The van der Waals surface area contributed by atoms with Gasteiger partial charge in [0.1, 0.15) is 5.01 Å². The van der Waals surface area contributed by atoms with Gasteiger partial charge in [0.2, 0.25) is 11.0 Å². The molecule has 1 fully saturated rings. The summed E-state index contributed by atoms with van der Waals surface area (Å²) in [6.45, 7) is 5.00. The zero-order valence-corrected chi connectivity index (χ0v) is 17.9. The molecule has 0 unspecified atom stereocenters. The summed E-state index contributed by atoms with van der Waals surface area (Å²) in [4.78, 5) is 12.8. The van der Waals surface area contributed by atoms with Gasteiger partial charge in [0.05, 0.1) is 0 Å². The fraction of sp³-hybridized carbons (Fsp3) is 0.471. The van der Waals surface area contributed by atoms with Gasteiger partial charge in [-0.15, -0.1) is 22.6 Å². The topological polar surface area (TPSA) is 101 Å². The predicted molar refractivity (Wildman–Crippen MR) is 110 cm³/mol. The highest BCUT2D eigenvalue weighted by Crippen LogP contribution is 2.32. The van der Waals surface area contributed by atoms with Crippen LogP contribution in [0.25, 0.3) is 10.6 Å². The highest BCUT2D eigenvalue weighted by molar-refractivity contribution is 7.92. The van der Waals surface area contributed by atoms with Crippen LogP contribution in [0, 0.1) is 13.8 Å². The van der Waals surface area contributed by atoms with Gasteiger partial charge in [0.15, 0.2) is 14.6 Å². The molecule has 1 aliphatic rings. The Labute approximate surface area is 169 Å². The van der Waals surface area contributed by atoms with Crippen molar-refractivity contribution in [1.29, 1.82) is 0 Å². The van der Waals surface area contributed by atoms with Gasteiger partial charge in [-0.3, -0.25) is 10.1 Å². The van der Waals surface area contributed by atoms with Crippen LogP contribution in [-0.2, 0) is 14.6 Å². The normalized spacial score (nSPS) is 16.4. The largest absolute Gasteiger partial charge is 0.317 e. The summed E-state index contributed by atoms with van der Waals surface area (Å²) < 4.78 is 23.2. The fourth-order valence-electron chi connectivity index (χ4n) is 3.24. The van der Waals surface area contributed by atoms with Crippen molar-refractivity contribution >= 4 is 44.6 Å². The Morgan fingerprint density at radius 3 is 2.48 bits per heavy atom. The summed E-state index contributed by atoms with van der Waals surface area (Å²) in [5.41, 5.74) is 3.18. The van der Waals surface area contributed by atoms with E-state index in [4.69, 9.17) is 0 Å². The molecule has 1 saturated heterocycles. The number of hydrogen-bond donors (Lipinski definition) is 2. The minimum absolute atomic E-state index is 0. The van der Waals surface area contributed by atoms with Crippen LogP contribution in [-0.4, -0.2) is 48.6 Å². The van der Waals surface area contributed by atoms with Gasteiger partial charge in [-0.25, -0.2) is 8.42 Å². The standard InChI is InChI=1S/C17H22N4O3S2.ClH/c1-11-4-5-13(12(2)10-11)14-20-21-16(25-14)19-15(22)17(26(3,23)24)6-8-18-9-7-17;/h4-5,10,18H,6-9H2,1-3H3,(H,19,21,22);1H. The number of amides is 1. The highest BCUT2D eigenvalue weighted by atomic mass is 35.5. The van der Waals surface area contributed by atoms with E-state index in [9.17, 15) is 13.2 Å². The van der Waals surface area contributed by atoms with Crippen molar-refractivity contribution < 1.29 is 13.2 Å². The minimum atomic E-state index is -3.56. The van der Waals surface area contributed by atoms with Gasteiger partial charge in [-0.2, -0.15) is 0 Å². The maximum Gasteiger partial charge on any atom is 0.247 e. The van der Waals surface area contributed by atoms with Crippen LogP contribution in [0.4, 0.5) is 5.13 Å². The maximum absolute atomic E-state index is 12.8. The van der Waals surface area contributed by atoms with E-state index in [0.717, 1.165) is 22.9 Å². The van der Waals surface area contributed by atoms with E-state index < -0.39 is 20.5 Å². The molecule has 1 amide bonds. The number of rotatable bonds is 4. The van der Waals surface area contributed by atoms with Crippen LogP contribution in [0.2, 0.25) is 0 Å². The average molecular weight is 431 g/mol. The molecule has 1 aromatic carbocycles. The van der Waals surface area contributed by atoms with Gasteiger partial charge in [-0.05, 0) is 45.3 Å². The molecule has 0 spiro atoms. The van der Waals surface area contributed by atoms with Crippen molar-refractivity contribution in [2.45, 2.75) is 31.4 Å². The summed E-state index contributed by atoms with van der Waals surface area (Å²) in [6.07, 6.45) is 1.62. The number of piperidine rings is 1. The Morgan fingerprint density at radius 1 is 1.22 bits per heavy atom. The lowest BCUT2D eigenvalue weighted by Gasteiger charge is -2.33. The third kappa shape index (κ3) is 4.31. The van der Waals surface area contributed by atoms with Gasteiger partial charge >= 0.3 is 0 Å². The molecule has 0 bridgehead atoms. The Balaban J connectivity index is 0.00000261. The SMILES string of the molecule is Cc1ccc(-c2nnc(NC(=O)C3(S(C)(=O)=O)CCNCC3)s2)c(C)c1.Cl. The Morgan fingerprint density at radius 2 is 1.89 bits per heavy atom. The van der Waals surface area contributed by atoms with Crippen molar-refractivity contribution in [3.05, 3.63) is 29.3 Å². The second kappa shape index (κ2) is 8.22. The van der Waals surface area contributed by atoms with Gasteiger partial charge in [0.25, 0.3) is 0 Å². The first-order chi connectivity index (χ1) is 12.2. The van der Waals surface area contributed by atoms with Crippen LogP contribution in [0.1, 0.15) is 24.0 Å². The molecule has 0 saturated carbocycles. The van der Waals surface area contributed by atoms with Crippen LogP contribution in [0.15, 0.2) is 18.2 Å². The van der Waals surface area contributed by atoms with Crippen LogP contribution in [0.3, 0.4) is 0 Å². The number of halogens is 1. The molecule has 1 aromatic heterocycles. The molecule has 148 valence electrons. The number of hydrogen-bond acceptors (Lipinski definition) is 7. The molecule has 0 aliphatic carbocycles. The van der Waals surface area contributed by atoms with Crippen LogP contribution < -0.4 is 10.6 Å². The second-order valence-electron chi connectivity index (χ2n) is 6.70. The average Bonchev–Trinajstić information content (AvgIpc) is 3.02. The first-order valence-electron chi connectivity index (χ1n) is 8.36. The molecule has 2 aromatic rings. The molecule has 10 heteroatoms. The molecule has 27 heavy (non-hydrogen) atoms. The molecular weight excluding hydrogens is 408 g/mol. The first kappa shape index (κ1) is 21.7. The van der Waals surface area contributed by atoms with E-state index in [1.165, 1.54) is 11.3 Å². The Hall–Kier alpha value is -1.55. The third-order valence-corrected chi connectivity index (χ3v) is 7.68. The quantitative estimate of drug-likeness (QED) is 0.772. The lowest BCUT2D eigenvalue weighted by atomic mass is 9.96. The zero-order valence-electron chi connectivity index (χ0n) is 15.4. The summed E-state index contributed by atoms with van der Waals surface area (Å²) in [5, 5.41) is 15.0. The molecule has 0 atom stereocenters. The van der Waals surface area contributed by atoms with Crippen LogP contribution in [0.5, 0.6) is 0 Å². The molecule has 0 radical (unpaired) electrons. The molecule has 1 aliphatic heterocycles. The number of anilines is 1. The van der Waals surface area contributed by atoms with Crippen molar-refractivity contribution in [2.75, 3.05) is 24.7 Å². The van der Waals surface area contributed by atoms with E-state index in [2.05, 4.69) is 26.9 Å². The molecule has 2 N–H and O–H groups in total. The number of nitrogens with zero attached hydrogens (tertiary/aromatic N) is 2. The number of sulfone groups is 1. The van der Waals surface area contributed by atoms with E-state index in [0.29, 0.717) is 23.2 Å². The third-order valence-electron chi connectivity index (χ3n) is 4.79. The van der Waals surface area contributed by atoms with E-state index in [1.807, 2.05) is 26.0 Å². The summed E-state index contributed by atoms with van der Waals surface area (Å²) in [7, 11) is -3.56. The number of carbonyl (C=O) groups is 1. The maximum atomic E-state index is 12.8. The summed E-state index contributed by atoms with van der Waals surface area (Å²) >= 11 is 1.24. The van der Waals surface area contributed by atoms with Gasteiger partial charge in [-0.1, -0.05) is 35.1 Å². The molecule has 3 rings (SSSR count). The van der Waals surface area contributed by atoms with Crippen molar-refractivity contribution in [3.63, 3.8) is 0 Å². The Bertz CT molecular complexity index is 937. The zero-order chi connectivity index (χ0) is 18.9. The summed E-state index contributed by atoms with van der Waals surface area (Å²) in [5.74, 6) is -0.523. The molecule has 7 nitrogen and oxygen atoms in total. The van der Waals surface area contributed by atoms with Crippen LogP contribution >= 0.6 is 23.7 Å². The smallest absolute Gasteiger partial charge is 0.247 e. The number of aromatic nitrogens is 2. The second-order valence-corrected chi connectivity index (χ2v) is 10.0. The fourth-order valence-corrected chi connectivity index (χ4v) is 5.41. The van der Waals surface area contributed by atoms with Crippen molar-refractivity contribution in [1.82, 2.24) is 15.5 Å². The van der Waals surface area contributed by atoms with E-state index in [-0.39, 0.29) is 25.2 Å². The number of carbonyl (C=O) groups excluding carboxylic acids is 1. The number of aryl methyl sites for hydroxylation is 2. The molecule has 2 heterocycles. The first-order valence-corrected chi connectivity index (χ1v) is 11.1. The van der Waals surface area contributed by atoms with Gasteiger partial charge in [0, 0.05) is 11.8 Å². The lowest BCUT2D eigenvalue weighted by molar-refractivity contribution is -0.119. The predicted octanol–water partition coefficient (Wildman–Crippen LogP) is 2.35. The Kier molecular flexibility index (Phi) is 6.62. The van der Waals surface area contributed by atoms with Crippen molar-refractivity contribution in [3.8, 4) is 10.6 Å². The van der Waals surface area contributed by atoms with Gasteiger partial charge < -0.3 is 5.32 Å². The van der Waals surface area contributed by atoms with Crippen molar-refractivity contribution in [2.24, 2.45) is 0 Å². The van der Waals surface area contributed by atoms with E-state index >= 15 is 0 Å². The minimum Gasteiger partial charge on any atom is -0.317 e. The number of benzene rings is 1. The van der Waals surface area contributed by atoms with E-state index in [1.54, 1.807) is 0 Å². The lowest BCUT2D eigenvalue weighted by Crippen LogP contribution is -2.55. The highest BCUT2D eigenvalue weighted by Gasteiger charge is 2.48. The monoisotopic (exact) mass is 430 g/mol.